The van der Waals surface area contributed by atoms with Gasteiger partial charge in [-0.15, -0.1) is 0 Å². The van der Waals surface area contributed by atoms with Crippen molar-refractivity contribution < 1.29 is 9.53 Å². The number of carbonyl (C=O) groups is 1. The van der Waals surface area contributed by atoms with Gasteiger partial charge in [-0.25, -0.2) is 0 Å². The van der Waals surface area contributed by atoms with Gasteiger partial charge in [0, 0.05) is 12.3 Å². The second-order valence-corrected chi connectivity index (χ2v) is 5.86. The molecular formula is C13H20O2. The first kappa shape index (κ1) is 10.9. The zero-order chi connectivity index (χ0) is 11.2. The number of rotatable bonds is 1. The highest BCUT2D eigenvalue weighted by Crippen LogP contribution is 2.45. The van der Waals surface area contributed by atoms with Gasteiger partial charge in [0.2, 0.25) is 0 Å². The molecule has 1 heterocycles. The van der Waals surface area contributed by atoms with E-state index in [1.54, 1.807) is 0 Å². The number of ketones is 1. The zero-order valence-corrected chi connectivity index (χ0v) is 9.88. The molecule has 2 heteroatoms. The van der Waals surface area contributed by atoms with E-state index in [9.17, 15) is 4.79 Å². The lowest BCUT2D eigenvalue weighted by atomic mass is 9.67. The number of carbonyl (C=O) groups excluding carboxylic acids is 1. The van der Waals surface area contributed by atoms with Crippen LogP contribution in [0.4, 0.5) is 0 Å². The molecule has 1 saturated carbocycles. The Morgan fingerprint density at radius 1 is 1.53 bits per heavy atom. The molecule has 1 aliphatic carbocycles. The van der Waals surface area contributed by atoms with E-state index in [4.69, 9.17) is 4.74 Å². The standard InChI is InChI=1S/C13H20O2/c1-8(2)9-7-15-11-6-13(3,4)5-10(14)12(9)11/h9,11-12H,1,5-7H2,2-4H3. The Balaban J connectivity index is 2.20. The monoisotopic (exact) mass is 208 g/mol. The van der Waals surface area contributed by atoms with Gasteiger partial charge < -0.3 is 4.74 Å². The molecule has 0 aromatic carbocycles. The van der Waals surface area contributed by atoms with Gasteiger partial charge in [-0.3, -0.25) is 4.79 Å². The van der Waals surface area contributed by atoms with Crippen LogP contribution in [0.15, 0.2) is 12.2 Å². The molecule has 0 aromatic rings. The largest absolute Gasteiger partial charge is 0.377 e. The van der Waals surface area contributed by atoms with Crippen molar-refractivity contribution in [3.63, 3.8) is 0 Å². The molecular weight excluding hydrogens is 188 g/mol. The van der Waals surface area contributed by atoms with Crippen LogP contribution in [0.2, 0.25) is 0 Å². The highest BCUT2D eigenvalue weighted by Gasteiger charge is 2.48. The van der Waals surface area contributed by atoms with Crippen LogP contribution in [0.1, 0.15) is 33.6 Å². The summed E-state index contributed by atoms with van der Waals surface area (Å²) in [6.07, 6.45) is 1.84. The molecule has 0 spiro atoms. The Kier molecular flexibility index (Phi) is 2.50. The van der Waals surface area contributed by atoms with Crippen LogP contribution < -0.4 is 0 Å². The fourth-order valence-electron chi connectivity index (χ4n) is 2.97. The van der Waals surface area contributed by atoms with E-state index < -0.39 is 0 Å². The summed E-state index contributed by atoms with van der Waals surface area (Å²) >= 11 is 0. The minimum absolute atomic E-state index is 0.0931. The van der Waals surface area contributed by atoms with E-state index in [-0.39, 0.29) is 23.4 Å². The second-order valence-electron chi connectivity index (χ2n) is 5.86. The summed E-state index contributed by atoms with van der Waals surface area (Å²) in [4.78, 5) is 12.1. The van der Waals surface area contributed by atoms with Crippen molar-refractivity contribution in [3.8, 4) is 0 Å². The summed E-state index contributed by atoms with van der Waals surface area (Å²) in [5.74, 6) is 0.732. The molecule has 2 aliphatic rings. The third kappa shape index (κ3) is 1.87. The average Bonchev–Trinajstić information content (AvgIpc) is 2.45. The smallest absolute Gasteiger partial charge is 0.139 e. The predicted octanol–water partition coefficient (Wildman–Crippen LogP) is 2.58. The molecule has 0 N–H and O–H groups in total. The van der Waals surface area contributed by atoms with E-state index in [0.29, 0.717) is 18.8 Å². The first-order valence-electron chi connectivity index (χ1n) is 5.70. The Morgan fingerprint density at radius 3 is 2.80 bits per heavy atom. The van der Waals surface area contributed by atoms with Crippen molar-refractivity contribution in [2.24, 2.45) is 17.3 Å². The summed E-state index contributed by atoms with van der Waals surface area (Å²) in [6, 6.07) is 0. The van der Waals surface area contributed by atoms with Crippen LogP contribution in [-0.4, -0.2) is 18.5 Å². The highest BCUT2D eigenvalue weighted by atomic mass is 16.5. The van der Waals surface area contributed by atoms with E-state index in [2.05, 4.69) is 20.4 Å². The molecule has 1 saturated heterocycles. The molecule has 15 heavy (non-hydrogen) atoms. The SMILES string of the molecule is C=C(C)C1COC2CC(C)(C)CC(=O)C21. The lowest BCUT2D eigenvalue weighted by molar-refractivity contribution is -0.132. The van der Waals surface area contributed by atoms with Crippen LogP contribution in [0.5, 0.6) is 0 Å². The fraction of sp³-hybridized carbons (Fsp3) is 0.769. The number of hydrogen-bond donors (Lipinski definition) is 0. The molecule has 2 nitrogen and oxygen atoms in total. The Bertz CT molecular complexity index is 304. The maximum Gasteiger partial charge on any atom is 0.139 e. The molecule has 1 aliphatic heterocycles. The summed E-state index contributed by atoms with van der Waals surface area (Å²) in [7, 11) is 0. The summed E-state index contributed by atoms with van der Waals surface area (Å²) < 4.78 is 5.76. The second kappa shape index (κ2) is 3.44. The molecule has 3 unspecified atom stereocenters. The number of fused-ring (bicyclic) bond motifs is 1. The van der Waals surface area contributed by atoms with Gasteiger partial charge in [-0.05, 0) is 18.8 Å². The molecule has 2 rings (SSSR count). The third-order valence-electron chi connectivity index (χ3n) is 3.74. The Morgan fingerprint density at radius 2 is 2.20 bits per heavy atom. The van der Waals surface area contributed by atoms with Gasteiger partial charge in [0.1, 0.15) is 5.78 Å². The molecule has 2 fully saturated rings. The number of hydrogen-bond acceptors (Lipinski definition) is 2. The van der Waals surface area contributed by atoms with E-state index in [1.165, 1.54) is 0 Å². The average molecular weight is 208 g/mol. The van der Waals surface area contributed by atoms with Gasteiger partial charge >= 0.3 is 0 Å². The van der Waals surface area contributed by atoms with Gasteiger partial charge in [0.15, 0.2) is 0 Å². The van der Waals surface area contributed by atoms with Crippen LogP contribution in [0.3, 0.4) is 0 Å². The van der Waals surface area contributed by atoms with Crippen molar-refractivity contribution in [2.45, 2.75) is 39.7 Å². The highest BCUT2D eigenvalue weighted by molar-refractivity contribution is 5.84. The number of Topliss-reactive ketones (excluding diaryl/α,β-unsaturated/α-hetero) is 1. The van der Waals surface area contributed by atoms with E-state index >= 15 is 0 Å². The van der Waals surface area contributed by atoms with Crippen molar-refractivity contribution in [1.29, 1.82) is 0 Å². The first-order chi connectivity index (χ1) is 6.91. The van der Waals surface area contributed by atoms with Crippen LogP contribution >= 0.6 is 0 Å². The molecule has 0 aromatic heterocycles. The van der Waals surface area contributed by atoms with Crippen LogP contribution in [-0.2, 0) is 9.53 Å². The van der Waals surface area contributed by atoms with Crippen molar-refractivity contribution in [3.05, 3.63) is 12.2 Å². The molecule has 0 bridgehead atoms. The summed E-state index contributed by atoms with van der Waals surface area (Å²) in [5, 5.41) is 0. The van der Waals surface area contributed by atoms with Gasteiger partial charge in [0.25, 0.3) is 0 Å². The normalized spacial score (nSPS) is 38.9. The van der Waals surface area contributed by atoms with Gasteiger partial charge in [-0.1, -0.05) is 26.0 Å². The first-order valence-corrected chi connectivity index (χ1v) is 5.70. The topological polar surface area (TPSA) is 26.3 Å². The Labute approximate surface area is 91.7 Å². The maximum atomic E-state index is 12.1. The molecule has 0 radical (unpaired) electrons. The minimum atomic E-state index is 0.0931. The maximum absolute atomic E-state index is 12.1. The quantitative estimate of drug-likeness (QED) is 0.619. The van der Waals surface area contributed by atoms with E-state index in [0.717, 1.165) is 12.0 Å². The van der Waals surface area contributed by atoms with Crippen LogP contribution in [0, 0.1) is 17.3 Å². The van der Waals surface area contributed by atoms with Crippen molar-refractivity contribution >= 4 is 5.78 Å². The van der Waals surface area contributed by atoms with Crippen molar-refractivity contribution in [2.75, 3.05) is 6.61 Å². The fourth-order valence-corrected chi connectivity index (χ4v) is 2.97. The lowest BCUT2D eigenvalue weighted by Crippen LogP contribution is -2.40. The molecule has 3 atom stereocenters. The van der Waals surface area contributed by atoms with Gasteiger partial charge in [0.05, 0.1) is 18.6 Å². The Hall–Kier alpha value is -0.630. The summed E-state index contributed by atoms with van der Waals surface area (Å²) in [5.41, 5.74) is 1.21. The third-order valence-corrected chi connectivity index (χ3v) is 3.74. The molecule has 0 amide bonds. The van der Waals surface area contributed by atoms with Crippen LogP contribution in [0.25, 0.3) is 0 Å². The zero-order valence-electron chi connectivity index (χ0n) is 9.88. The predicted molar refractivity (Wildman–Crippen MR) is 59.6 cm³/mol. The van der Waals surface area contributed by atoms with E-state index in [1.807, 2.05) is 6.92 Å². The van der Waals surface area contributed by atoms with Gasteiger partial charge in [-0.2, -0.15) is 0 Å². The summed E-state index contributed by atoms with van der Waals surface area (Å²) in [6.45, 7) is 11.0. The number of ether oxygens (including phenoxy) is 1. The van der Waals surface area contributed by atoms with Crippen molar-refractivity contribution in [1.82, 2.24) is 0 Å². The minimum Gasteiger partial charge on any atom is -0.377 e. The molecule has 84 valence electrons. The lowest BCUT2D eigenvalue weighted by Gasteiger charge is -2.36.